The number of aliphatic hydroxyl groups excluding tert-OH is 1. The van der Waals surface area contributed by atoms with Crippen LogP contribution in [0.2, 0.25) is 0 Å². The van der Waals surface area contributed by atoms with Gasteiger partial charge in [-0.15, -0.1) is 0 Å². The average molecular weight is 240 g/mol. The first-order chi connectivity index (χ1) is 8.28. The predicted octanol–water partition coefficient (Wildman–Crippen LogP) is 3.67. The molecule has 2 heteroatoms. The van der Waals surface area contributed by atoms with E-state index >= 15 is 0 Å². The maximum absolute atomic E-state index is 10.7. The highest BCUT2D eigenvalue weighted by atomic mass is 16.5. The van der Waals surface area contributed by atoms with Gasteiger partial charge in [0.15, 0.2) is 0 Å². The molecule has 2 aliphatic carbocycles. The Morgan fingerprint density at radius 2 is 1.47 bits per heavy atom. The van der Waals surface area contributed by atoms with Crippen molar-refractivity contribution in [3.05, 3.63) is 0 Å². The van der Waals surface area contributed by atoms with Crippen molar-refractivity contribution in [2.24, 2.45) is 5.92 Å². The van der Waals surface area contributed by atoms with E-state index in [1.165, 1.54) is 57.8 Å². The second kappa shape index (κ2) is 6.19. The summed E-state index contributed by atoms with van der Waals surface area (Å²) in [5.41, 5.74) is -0.215. The van der Waals surface area contributed by atoms with E-state index in [1.54, 1.807) is 7.11 Å². The zero-order valence-electron chi connectivity index (χ0n) is 11.3. The predicted molar refractivity (Wildman–Crippen MR) is 70.0 cm³/mol. The van der Waals surface area contributed by atoms with Crippen LogP contribution in [0.1, 0.15) is 70.6 Å². The molecule has 0 radical (unpaired) electrons. The molecule has 0 aliphatic heterocycles. The van der Waals surface area contributed by atoms with Gasteiger partial charge in [0.2, 0.25) is 0 Å². The minimum atomic E-state index is -0.231. The Hall–Kier alpha value is -0.0800. The summed E-state index contributed by atoms with van der Waals surface area (Å²) in [6.45, 7) is 0. The highest BCUT2D eigenvalue weighted by molar-refractivity contribution is 4.94. The van der Waals surface area contributed by atoms with Gasteiger partial charge in [0, 0.05) is 7.11 Å². The van der Waals surface area contributed by atoms with Gasteiger partial charge in [0.05, 0.1) is 11.7 Å². The van der Waals surface area contributed by atoms with Gasteiger partial charge in [-0.2, -0.15) is 0 Å². The Morgan fingerprint density at radius 1 is 0.941 bits per heavy atom. The number of aliphatic hydroxyl groups is 1. The van der Waals surface area contributed by atoms with Gasteiger partial charge in [0.1, 0.15) is 0 Å². The summed E-state index contributed by atoms with van der Waals surface area (Å²) in [7, 11) is 1.80. The third-order valence-corrected chi connectivity index (χ3v) is 4.99. The Bertz CT molecular complexity index is 213. The van der Waals surface area contributed by atoms with Crippen molar-refractivity contribution in [2.75, 3.05) is 7.11 Å². The van der Waals surface area contributed by atoms with E-state index in [2.05, 4.69) is 0 Å². The van der Waals surface area contributed by atoms with Crippen LogP contribution in [0.5, 0.6) is 0 Å². The third kappa shape index (κ3) is 3.03. The summed E-state index contributed by atoms with van der Waals surface area (Å²) >= 11 is 0. The van der Waals surface area contributed by atoms with Crippen molar-refractivity contribution in [2.45, 2.75) is 82.3 Å². The van der Waals surface area contributed by atoms with Gasteiger partial charge < -0.3 is 9.84 Å². The molecule has 0 aromatic heterocycles. The molecule has 1 N–H and O–H groups in total. The second-order valence-corrected chi connectivity index (χ2v) is 6.03. The highest BCUT2D eigenvalue weighted by Gasteiger charge is 2.42. The summed E-state index contributed by atoms with van der Waals surface area (Å²) in [6.07, 6.45) is 13.3. The molecule has 1 unspecified atom stereocenters. The van der Waals surface area contributed by atoms with Crippen molar-refractivity contribution < 1.29 is 9.84 Å². The molecular formula is C15H28O2. The van der Waals surface area contributed by atoms with Crippen LogP contribution in [0, 0.1) is 5.92 Å². The fourth-order valence-corrected chi connectivity index (χ4v) is 3.83. The Kier molecular flexibility index (Phi) is 4.87. The highest BCUT2D eigenvalue weighted by Crippen LogP contribution is 2.40. The third-order valence-electron chi connectivity index (χ3n) is 4.99. The van der Waals surface area contributed by atoms with Gasteiger partial charge in [-0.3, -0.25) is 0 Å². The molecular weight excluding hydrogens is 212 g/mol. The molecule has 0 spiro atoms. The molecule has 2 nitrogen and oxygen atoms in total. The Balaban J connectivity index is 2.01. The van der Waals surface area contributed by atoms with Crippen molar-refractivity contribution in [1.82, 2.24) is 0 Å². The van der Waals surface area contributed by atoms with E-state index < -0.39 is 0 Å². The van der Waals surface area contributed by atoms with Crippen LogP contribution >= 0.6 is 0 Å². The summed E-state index contributed by atoms with van der Waals surface area (Å²) < 4.78 is 5.78. The average Bonchev–Trinajstić information content (AvgIpc) is 2.67. The number of hydrogen-bond acceptors (Lipinski definition) is 2. The molecule has 0 saturated heterocycles. The first-order valence-corrected chi connectivity index (χ1v) is 7.52. The van der Waals surface area contributed by atoms with E-state index in [4.69, 9.17) is 4.74 Å². The Morgan fingerprint density at radius 3 is 2.00 bits per heavy atom. The molecule has 0 heterocycles. The van der Waals surface area contributed by atoms with Crippen LogP contribution in [0.4, 0.5) is 0 Å². The van der Waals surface area contributed by atoms with E-state index in [0.29, 0.717) is 5.92 Å². The second-order valence-electron chi connectivity index (χ2n) is 6.03. The zero-order chi connectivity index (χ0) is 12.1. The molecule has 17 heavy (non-hydrogen) atoms. The molecule has 2 aliphatic rings. The fraction of sp³-hybridized carbons (Fsp3) is 1.00. The minimum absolute atomic E-state index is 0.215. The normalized spacial score (nSPS) is 28.6. The summed E-state index contributed by atoms with van der Waals surface area (Å²) in [4.78, 5) is 0. The van der Waals surface area contributed by atoms with E-state index in [1.807, 2.05) is 0 Å². The maximum Gasteiger partial charge on any atom is 0.0939 e. The van der Waals surface area contributed by atoms with Gasteiger partial charge in [0.25, 0.3) is 0 Å². The largest absolute Gasteiger partial charge is 0.390 e. The van der Waals surface area contributed by atoms with E-state index in [0.717, 1.165) is 12.8 Å². The lowest BCUT2D eigenvalue weighted by Gasteiger charge is -2.43. The molecule has 100 valence electrons. The summed E-state index contributed by atoms with van der Waals surface area (Å²) in [5.74, 6) is 0.482. The quantitative estimate of drug-likeness (QED) is 0.763. The zero-order valence-corrected chi connectivity index (χ0v) is 11.3. The number of rotatable bonds is 3. The first-order valence-electron chi connectivity index (χ1n) is 7.52. The summed E-state index contributed by atoms with van der Waals surface area (Å²) in [5, 5.41) is 10.7. The molecule has 2 saturated carbocycles. The first kappa shape index (κ1) is 13.4. The van der Waals surface area contributed by atoms with Crippen LogP contribution in [-0.4, -0.2) is 23.9 Å². The molecule has 0 aromatic carbocycles. The van der Waals surface area contributed by atoms with Gasteiger partial charge >= 0.3 is 0 Å². The van der Waals surface area contributed by atoms with Crippen molar-refractivity contribution in [3.63, 3.8) is 0 Å². The van der Waals surface area contributed by atoms with Crippen molar-refractivity contribution in [1.29, 1.82) is 0 Å². The van der Waals surface area contributed by atoms with Crippen molar-refractivity contribution in [3.8, 4) is 0 Å². The number of ether oxygens (including phenoxy) is 1. The summed E-state index contributed by atoms with van der Waals surface area (Å²) in [6, 6.07) is 0. The van der Waals surface area contributed by atoms with Gasteiger partial charge in [-0.1, -0.05) is 44.9 Å². The lowest BCUT2D eigenvalue weighted by atomic mass is 9.74. The molecule has 1 atom stereocenters. The van der Waals surface area contributed by atoms with E-state index in [-0.39, 0.29) is 11.7 Å². The molecule has 2 rings (SSSR count). The SMILES string of the molecule is COC1(C(O)C2CCCCCC2)CCCCC1. The number of methoxy groups -OCH3 is 1. The molecule has 2 fully saturated rings. The maximum atomic E-state index is 10.7. The standard InChI is InChI=1S/C15H28O2/c1-17-15(11-7-4-8-12-15)14(16)13-9-5-2-3-6-10-13/h13-14,16H,2-12H2,1H3. The lowest BCUT2D eigenvalue weighted by Crippen LogP contribution is -2.49. The minimum Gasteiger partial charge on any atom is -0.390 e. The Labute approximate surface area is 106 Å². The monoisotopic (exact) mass is 240 g/mol. The van der Waals surface area contributed by atoms with E-state index in [9.17, 15) is 5.11 Å². The molecule has 0 aromatic rings. The fourth-order valence-electron chi connectivity index (χ4n) is 3.83. The van der Waals surface area contributed by atoms with Crippen LogP contribution in [0.3, 0.4) is 0 Å². The smallest absolute Gasteiger partial charge is 0.0939 e. The van der Waals surface area contributed by atoms with Crippen molar-refractivity contribution >= 4 is 0 Å². The number of hydrogen-bond donors (Lipinski definition) is 1. The topological polar surface area (TPSA) is 29.5 Å². The lowest BCUT2D eigenvalue weighted by molar-refractivity contribution is -0.144. The molecule has 0 bridgehead atoms. The van der Waals surface area contributed by atoms with Crippen LogP contribution in [0.15, 0.2) is 0 Å². The van der Waals surface area contributed by atoms with Crippen LogP contribution in [0.25, 0.3) is 0 Å². The molecule has 0 amide bonds. The van der Waals surface area contributed by atoms with Crippen LogP contribution < -0.4 is 0 Å². The van der Waals surface area contributed by atoms with Gasteiger partial charge in [-0.05, 0) is 31.6 Å². The van der Waals surface area contributed by atoms with Gasteiger partial charge in [-0.25, -0.2) is 0 Å². The van der Waals surface area contributed by atoms with Crippen LogP contribution in [-0.2, 0) is 4.74 Å².